The van der Waals surface area contributed by atoms with Crippen LogP contribution in [0.4, 0.5) is 0 Å². The van der Waals surface area contributed by atoms with E-state index in [1.165, 1.54) is 11.1 Å². The normalized spacial score (nSPS) is 12.4. The van der Waals surface area contributed by atoms with Crippen LogP contribution in [0.5, 0.6) is 0 Å². The molecule has 0 amide bonds. The van der Waals surface area contributed by atoms with E-state index in [0.29, 0.717) is 0 Å². The Kier molecular flexibility index (Phi) is 5.59. The van der Waals surface area contributed by atoms with Gasteiger partial charge in [-0.1, -0.05) is 72.8 Å². The van der Waals surface area contributed by atoms with Gasteiger partial charge in [-0.15, -0.1) is 0 Å². The summed E-state index contributed by atoms with van der Waals surface area (Å²) in [6, 6.07) is 31.3. The van der Waals surface area contributed by atoms with Crippen LogP contribution in [-0.4, -0.2) is 23.8 Å². The van der Waals surface area contributed by atoms with Gasteiger partial charge >= 0.3 is 7.48 Å². The molecule has 5 aromatic rings. The Bertz CT molecular complexity index is 1460. The zero-order valence-electron chi connectivity index (χ0n) is 20.0. The first-order valence-corrected chi connectivity index (χ1v) is 11.6. The summed E-state index contributed by atoms with van der Waals surface area (Å²) in [6.07, 6.45) is 0. The summed E-state index contributed by atoms with van der Waals surface area (Å²) >= 11 is 0. The Labute approximate surface area is 201 Å². The number of benzene rings is 4. The number of hydrogen-bond acceptors (Lipinski definition) is 3. The third-order valence-corrected chi connectivity index (χ3v) is 6.76. The molecule has 0 unspecified atom stereocenters. The van der Waals surface area contributed by atoms with Crippen LogP contribution in [-0.2, 0) is 4.65 Å². The van der Waals surface area contributed by atoms with Gasteiger partial charge in [0, 0.05) is 10.8 Å². The molecule has 3 nitrogen and oxygen atoms in total. The fraction of sp³-hybridized carbons (Fsp3) is 0.200. The highest BCUT2D eigenvalue weighted by Crippen LogP contribution is 2.37. The lowest BCUT2D eigenvalue weighted by Crippen LogP contribution is -2.49. The molecule has 0 saturated heterocycles. The van der Waals surface area contributed by atoms with Gasteiger partial charge < -0.3 is 14.2 Å². The van der Waals surface area contributed by atoms with Gasteiger partial charge in [0.25, 0.3) is 0 Å². The number of hydrogen-bond donors (Lipinski definition) is 1. The van der Waals surface area contributed by atoms with Gasteiger partial charge in [0.1, 0.15) is 11.2 Å². The van der Waals surface area contributed by atoms with Crippen molar-refractivity contribution in [1.82, 2.24) is 0 Å². The molecule has 0 atom stereocenters. The highest BCUT2D eigenvalue weighted by atomic mass is 16.5. The molecule has 1 radical (unpaired) electrons. The molecular formula is C30H28BO3. The van der Waals surface area contributed by atoms with Gasteiger partial charge in [-0.3, -0.25) is 0 Å². The van der Waals surface area contributed by atoms with E-state index in [1.54, 1.807) is 21.3 Å². The van der Waals surface area contributed by atoms with Crippen LogP contribution >= 0.6 is 0 Å². The Morgan fingerprint density at radius 3 is 2.18 bits per heavy atom. The monoisotopic (exact) mass is 447 g/mol. The van der Waals surface area contributed by atoms with E-state index in [2.05, 4.69) is 60.7 Å². The van der Waals surface area contributed by atoms with E-state index < -0.39 is 11.2 Å². The van der Waals surface area contributed by atoms with Crippen LogP contribution in [0.2, 0.25) is 0 Å². The zero-order chi connectivity index (χ0) is 23.9. The molecule has 0 spiro atoms. The van der Waals surface area contributed by atoms with Crippen molar-refractivity contribution in [1.29, 1.82) is 0 Å². The minimum Gasteiger partial charge on any atom is -0.456 e. The maximum Gasteiger partial charge on any atom is 0.331 e. The van der Waals surface area contributed by atoms with E-state index in [4.69, 9.17) is 9.07 Å². The van der Waals surface area contributed by atoms with Crippen LogP contribution in [0.3, 0.4) is 0 Å². The first kappa shape index (κ1) is 22.5. The summed E-state index contributed by atoms with van der Waals surface area (Å²) in [5.41, 5.74) is 5.52. The SMILES string of the molecule is CC(C)(O)C(C)(C)O[B]c1ccc2c(c1)oc1cccc(-c3cccc(-c4ccccc4)c3)c12. The Morgan fingerprint density at radius 1 is 0.706 bits per heavy atom. The van der Waals surface area contributed by atoms with Gasteiger partial charge in [-0.2, -0.15) is 0 Å². The maximum absolute atomic E-state index is 10.4. The number of aliphatic hydroxyl groups is 1. The second kappa shape index (κ2) is 8.46. The summed E-state index contributed by atoms with van der Waals surface area (Å²) in [4.78, 5) is 0. The smallest absolute Gasteiger partial charge is 0.331 e. The number of furan rings is 1. The molecule has 169 valence electrons. The predicted molar refractivity (Wildman–Crippen MR) is 141 cm³/mol. The molecule has 0 fully saturated rings. The van der Waals surface area contributed by atoms with Gasteiger partial charge in [0.05, 0.1) is 11.2 Å². The van der Waals surface area contributed by atoms with Crippen molar-refractivity contribution in [2.24, 2.45) is 0 Å². The molecule has 1 heterocycles. The van der Waals surface area contributed by atoms with E-state index in [0.717, 1.165) is 38.5 Å². The Hall–Kier alpha value is -3.34. The first-order chi connectivity index (χ1) is 16.2. The van der Waals surface area contributed by atoms with Crippen LogP contribution in [0.25, 0.3) is 44.2 Å². The molecule has 1 aromatic heterocycles. The molecule has 0 aliphatic heterocycles. The molecule has 0 aliphatic carbocycles. The quantitative estimate of drug-likeness (QED) is 0.294. The summed E-state index contributed by atoms with van der Waals surface area (Å²) in [7, 11) is 1.69. The molecule has 0 saturated carbocycles. The van der Waals surface area contributed by atoms with Crippen LogP contribution in [0.15, 0.2) is 95.4 Å². The van der Waals surface area contributed by atoms with Crippen molar-refractivity contribution in [2.45, 2.75) is 38.9 Å². The number of fused-ring (bicyclic) bond motifs is 3. The highest BCUT2D eigenvalue weighted by Gasteiger charge is 2.35. The van der Waals surface area contributed by atoms with Crippen LogP contribution in [0.1, 0.15) is 27.7 Å². The average molecular weight is 447 g/mol. The van der Waals surface area contributed by atoms with Crippen molar-refractivity contribution in [3.05, 3.63) is 91.0 Å². The maximum atomic E-state index is 10.4. The van der Waals surface area contributed by atoms with Gasteiger partial charge in [0.15, 0.2) is 0 Å². The Morgan fingerprint density at radius 2 is 1.41 bits per heavy atom. The lowest BCUT2D eigenvalue weighted by Gasteiger charge is -2.37. The fourth-order valence-electron chi connectivity index (χ4n) is 4.01. The minimum absolute atomic E-state index is 0.729. The summed E-state index contributed by atoms with van der Waals surface area (Å²) < 4.78 is 12.2. The topological polar surface area (TPSA) is 42.6 Å². The summed E-state index contributed by atoms with van der Waals surface area (Å²) in [5, 5.41) is 12.5. The summed E-state index contributed by atoms with van der Waals surface area (Å²) in [5.74, 6) is 0. The fourth-order valence-corrected chi connectivity index (χ4v) is 4.01. The second-order valence-electron chi connectivity index (χ2n) is 9.79. The lowest BCUT2D eigenvalue weighted by atomic mass is 9.82. The van der Waals surface area contributed by atoms with Crippen molar-refractivity contribution in [3.63, 3.8) is 0 Å². The van der Waals surface area contributed by atoms with Crippen LogP contribution in [0, 0.1) is 0 Å². The highest BCUT2D eigenvalue weighted by molar-refractivity contribution is 6.47. The van der Waals surface area contributed by atoms with E-state index >= 15 is 0 Å². The molecule has 4 aromatic carbocycles. The van der Waals surface area contributed by atoms with E-state index in [9.17, 15) is 5.11 Å². The molecule has 5 rings (SSSR count). The molecule has 0 aliphatic rings. The lowest BCUT2D eigenvalue weighted by molar-refractivity contribution is -0.0893. The van der Waals surface area contributed by atoms with E-state index in [-0.39, 0.29) is 0 Å². The molecule has 34 heavy (non-hydrogen) atoms. The van der Waals surface area contributed by atoms with Crippen molar-refractivity contribution in [2.75, 3.05) is 0 Å². The first-order valence-electron chi connectivity index (χ1n) is 11.6. The van der Waals surface area contributed by atoms with Gasteiger partial charge in [-0.05, 0) is 73.6 Å². The second-order valence-corrected chi connectivity index (χ2v) is 9.79. The van der Waals surface area contributed by atoms with E-state index in [1.807, 2.05) is 44.2 Å². The third-order valence-electron chi connectivity index (χ3n) is 6.76. The van der Waals surface area contributed by atoms with Crippen molar-refractivity contribution in [3.8, 4) is 22.3 Å². The zero-order valence-corrected chi connectivity index (χ0v) is 20.0. The van der Waals surface area contributed by atoms with Gasteiger partial charge in [-0.25, -0.2) is 0 Å². The standard InChI is InChI=1S/C30H28BO3/c1-29(2,32)30(3,4)34-31-23-16-17-25-27(19-23)33-26-15-9-14-24(28(25)26)22-13-8-12-21(18-22)20-10-6-5-7-11-20/h5-19,32H,1-4H3. The molecule has 1 N–H and O–H groups in total. The Balaban J connectivity index is 1.54. The molecular weight excluding hydrogens is 419 g/mol. The van der Waals surface area contributed by atoms with Gasteiger partial charge in [0.2, 0.25) is 0 Å². The largest absolute Gasteiger partial charge is 0.456 e. The summed E-state index contributed by atoms with van der Waals surface area (Å²) in [6.45, 7) is 7.24. The minimum atomic E-state index is -0.976. The van der Waals surface area contributed by atoms with Crippen LogP contribution < -0.4 is 5.46 Å². The average Bonchev–Trinajstić information content (AvgIpc) is 3.21. The third kappa shape index (κ3) is 4.15. The van der Waals surface area contributed by atoms with Crippen molar-refractivity contribution >= 4 is 34.9 Å². The molecule has 0 bridgehead atoms. The van der Waals surface area contributed by atoms with Crippen molar-refractivity contribution < 1.29 is 14.2 Å². The molecule has 4 heteroatoms. The number of rotatable bonds is 6. The predicted octanol–water partition coefficient (Wildman–Crippen LogP) is 6.73.